The number of carbonyl (C=O) groups excluding carboxylic acids is 3. The second-order valence-electron chi connectivity index (χ2n) is 9.16. The fraction of sp³-hybridized carbons (Fsp3) is 0.269. The van der Waals surface area contributed by atoms with Gasteiger partial charge in [-0.15, -0.1) is 0 Å². The number of anilines is 1. The number of aryl methyl sites for hydroxylation is 1. The molecule has 1 aromatic carbocycles. The highest BCUT2D eigenvalue weighted by Crippen LogP contribution is 2.29. The first-order chi connectivity index (χ1) is 18.7. The van der Waals surface area contributed by atoms with E-state index in [1.807, 2.05) is 6.92 Å². The van der Waals surface area contributed by atoms with Crippen molar-refractivity contribution in [1.82, 2.24) is 29.4 Å². The Morgan fingerprint density at radius 3 is 2.67 bits per heavy atom. The first-order valence-electron chi connectivity index (χ1n) is 12.0. The molecule has 2 atom stereocenters. The van der Waals surface area contributed by atoms with E-state index in [0.717, 1.165) is 5.56 Å². The molecule has 0 spiro atoms. The standard InChI is InChI=1S/C26H23BrFN7O4/c1-14-7-30-26(31-8-14)39-17-3-4-20-18(6-17)19(15(2)36)12-34(20)13-24(37)35-11-16(28)5-21(35)25(38)33-23-10-29-9-22(27)32-23/h3-4,6-10,12,16,21H,5,11,13H2,1-2H3,(H,32,33,38)/t16-,21+/m1/s1. The Hall–Kier alpha value is -4.26. The fourth-order valence-electron chi connectivity index (χ4n) is 4.45. The van der Waals surface area contributed by atoms with E-state index in [9.17, 15) is 18.8 Å². The van der Waals surface area contributed by atoms with Crippen LogP contribution in [0.5, 0.6) is 11.8 Å². The van der Waals surface area contributed by atoms with Crippen molar-refractivity contribution in [3.63, 3.8) is 0 Å². The van der Waals surface area contributed by atoms with Crippen LogP contribution in [0.15, 0.2) is 53.8 Å². The van der Waals surface area contributed by atoms with Gasteiger partial charge in [-0.25, -0.2) is 19.3 Å². The van der Waals surface area contributed by atoms with Crippen LogP contribution in [0.25, 0.3) is 10.9 Å². The summed E-state index contributed by atoms with van der Waals surface area (Å²) in [4.78, 5) is 56.2. The van der Waals surface area contributed by atoms with Crippen LogP contribution in [0.3, 0.4) is 0 Å². The number of nitrogens with zero attached hydrogens (tertiary/aromatic N) is 6. The number of nitrogens with one attached hydrogen (secondary N) is 1. The van der Waals surface area contributed by atoms with E-state index < -0.39 is 24.0 Å². The summed E-state index contributed by atoms with van der Waals surface area (Å²) in [6.45, 7) is 2.88. The largest absolute Gasteiger partial charge is 0.424 e. The molecule has 39 heavy (non-hydrogen) atoms. The average molecular weight is 596 g/mol. The molecule has 1 saturated heterocycles. The van der Waals surface area contributed by atoms with Gasteiger partial charge in [-0.1, -0.05) is 0 Å². The molecule has 11 nitrogen and oxygen atoms in total. The number of aromatic nitrogens is 5. The van der Waals surface area contributed by atoms with E-state index in [1.165, 1.54) is 24.2 Å². The van der Waals surface area contributed by atoms with Crippen LogP contribution in [0.1, 0.15) is 29.3 Å². The van der Waals surface area contributed by atoms with Gasteiger partial charge < -0.3 is 19.5 Å². The predicted octanol–water partition coefficient (Wildman–Crippen LogP) is 3.86. The minimum Gasteiger partial charge on any atom is -0.424 e. The van der Waals surface area contributed by atoms with Crippen LogP contribution in [-0.4, -0.2) is 65.8 Å². The average Bonchev–Trinajstić information content (AvgIpc) is 3.46. The summed E-state index contributed by atoms with van der Waals surface area (Å²) >= 11 is 3.18. The number of fused-ring (bicyclic) bond motifs is 1. The van der Waals surface area contributed by atoms with Gasteiger partial charge in [0.05, 0.1) is 18.9 Å². The van der Waals surface area contributed by atoms with Crippen molar-refractivity contribution in [3.8, 4) is 11.8 Å². The molecule has 2 amide bonds. The van der Waals surface area contributed by atoms with Crippen molar-refractivity contribution < 1.29 is 23.5 Å². The third-order valence-electron chi connectivity index (χ3n) is 6.23. The van der Waals surface area contributed by atoms with Crippen molar-refractivity contribution in [1.29, 1.82) is 0 Å². The smallest absolute Gasteiger partial charge is 0.321 e. The Labute approximate surface area is 230 Å². The molecule has 3 aromatic heterocycles. The Kier molecular flexibility index (Phi) is 7.33. The van der Waals surface area contributed by atoms with Crippen LogP contribution in [0.2, 0.25) is 0 Å². The molecule has 1 aliphatic heterocycles. The molecule has 5 rings (SSSR count). The zero-order chi connectivity index (χ0) is 27.7. The van der Waals surface area contributed by atoms with Crippen LogP contribution in [-0.2, 0) is 16.1 Å². The van der Waals surface area contributed by atoms with Crippen molar-refractivity contribution in [2.24, 2.45) is 0 Å². The second-order valence-corrected chi connectivity index (χ2v) is 9.97. The number of rotatable bonds is 7. The number of likely N-dealkylation sites (tertiary alicyclic amines) is 1. The molecule has 0 saturated carbocycles. The van der Waals surface area contributed by atoms with E-state index in [2.05, 4.69) is 41.2 Å². The van der Waals surface area contributed by atoms with Gasteiger partial charge in [0, 0.05) is 41.5 Å². The number of carbonyl (C=O) groups is 3. The van der Waals surface area contributed by atoms with Crippen molar-refractivity contribution in [2.75, 3.05) is 11.9 Å². The lowest BCUT2D eigenvalue weighted by Crippen LogP contribution is -2.44. The quantitative estimate of drug-likeness (QED) is 0.318. The molecule has 0 radical (unpaired) electrons. The van der Waals surface area contributed by atoms with Crippen molar-refractivity contribution >= 4 is 50.2 Å². The normalized spacial score (nSPS) is 16.9. The highest BCUT2D eigenvalue weighted by Gasteiger charge is 2.40. The zero-order valence-electron chi connectivity index (χ0n) is 21.0. The van der Waals surface area contributed by atoms with E-state index in [4.69, 9.17) is 4.74 Å². The lowest BCUT2D eigenvalue weighted by Gasteiger charge is -2.24. The van der Waals surface area contributed by atoms with Crippen molar-refractivity contribution in [3.05, 3.63) is 64.9 Å². The summed E-state index contributed by atoms with van der Waals surface area (Å²) in [5.74, 6) is -0.619. The molecule has 1 fully saturated rings. The molecule has 4 aromatic rings. The van der Waals surface area contributed by atoms with E-state index in [1.54, 1.807) is 41.4 Å². The number of alkyl halides is 1. The first-order valence-corrected chi connectivity index (χ1v) is 12.8. The molecule has 0 unspecified atom stereocenters. The van der Waals surface area contributed by atoms with E-state index in [0.29, 0.717) is 26.8 Å². The maximum Gasteiger partial charge on any atom is 0.321 e. The Morgan fingerprint density at radius 2 is 1.95 bits per heavy atom. The topological polar surface area (TPSA) is 132 Å². The summed E-state index contributed by atoms with van der Waals surface area (Å²) in [5, 5.41) is 3.17. The second kappa shape index (κ2) is 10.8. The van der Waals surface area contributed by atoms with Crippen LogP contribution in [0, 0.1) is 6.92 Å². The first kappa shape index (κ1) is 26.4. The van der Waals surface area contributed by atoms with Crippen molar-refractivity contribution in [2.45, 2.75) is 39.0 Å². The molecular formula is C26H23BrFN7O4. The summed E-state index contributed by atoms with van der Waals surface area (Å²) in [6.07, 6.45) is 6.16. The summed E-state index contributed by atoms with van der Waals surface area (Å²) in [5.41, 5.74) is 1.88. The Morgan fingerprint density at radius 1 is 1.18 bits per heavy atom. The molecule has 13 heteroatoms. The highest BCUT2D eigenvalue weighted by molar-refractivity contribution is 9.10. The monoisotopic (exact) mass is 595 g/mol. The maximum absolute atomic E-state index is 14.4. The van der Waals surface area contributed by atoms with Gasteiger partial charge in [-0.3, -0.25) is 19.4 Å². The number of hydrogen-bond acceptors (Lipinski definition) is 8. The predicted molar refractivity (Wildman–Crippen MR) is 142 cm³/mol. The molecular weight excluding hydrogens is 573 g/mol. The van der Waals surface area contributed by atoms with E-state index >= 15 is 0 Å². The number of hydrogen-bond donors (Lipinski definition) is 1. The van der Waals surface area contributed by atoms with E-state index in [-0.39, 0.29) is 37.1 Å². The molecule has 0 aliphatic carbocycles. The minimum atomic E-state index is -1.35. The molecule has 1 N–H and O–H groups in total. The highest BCUT2D eigenvalue weighted by atomic mass is 79.9. The number of amides is 2. The van der Waals surface area contributed by atoms with Crippen LogP contribution < -0.4 is 10.1 Å². The van der Waals surface area contributed by atoms with Gasteiger partial charge in [-0.2, -0.15) is 0 Å². The maximum atomic E-state index is 14.4. The lowest BCUT2D eigenvalue weighted by molar-refractivity contribution is -0.137. The lowest BCUT2D eigenvalue weighted by atomic mass is 10.1. The van der Waals surface area contributed by atoms with Crippen LogP contribution >= 0.6 is 15.9 Å². The van der Waals surface area contributed by atoms with Gasteiger partial charge in [-0.05, 0) is 53.5 Å². The van der Waals surface area contributed by atoms with Gasteiger partial charge in [0.1, 0.15) is 29.1 Å². The fourth-order valence-corrected chi connectivity index (χ4v) is 4.76. The number of Topliss-reactive ketones (excluding diaryl/α,β-unsaturated/α-hetero) is 1. The van der Waals surface area contributed by atoms with Gasteiger partial charge in [0.2, 0.25) is 11.8 Å². The van der Waals surface area contributed by atoms with Crippen LogP contribution in [0.4, 0.5) is 10.2 Å². The molecule has 4 heterocycles. The molecule has 1 aliphatic rings. The minimum absolute atomic E-state index is 0.133. The van der Waals surface area contributed by atoms with Gasteiger partial charge >= 0.3 is 6.01 Å². The number of benzene rings is 1. The summed E-state index contributed by atoms with van der Waals surface area (Å²) in [6, 6.07) is 4.22. The summed E-state index contributed by atoms with van der Waals surface area (Å²) < 4.78 is 22.2. The zero-order valence-corrected chi connectivity index (χ0v) is 22.6. The molecule has 200 valence electrons. The number of halogens is 2. The van der Waals surface area contributed by atoms with Gasteiger partial charge in [0.15, 0.2) is 11.6 Å². The SMILES string of the molecule is CC(=O)c1cn(CC(=O)N2C[C@H](F)C[C@H]2C(=O)Nc2cncc(Br)n2)c2ccc(Oc3ncc(C)cn3)cc12. The molecule has 0 bridgehead atoms. The third kappa shape index (κ3) is 5.77. The third-order valence-corrected chi connectivity index (χ3v) is 6.62. The number of ketones is 1. The summed E-state index contributed by atoms with van der Waals surface area (Å²) in [7, 11) is 0. The number of ether oxygens (including phenoxy) is 1. The Bertz CT molecular complexity index is 1580. The Balaban J connectivity index is 1.37. The van der Waals surface area contributed by atoms with Gasteiger partial charge in [0.25, 0.3) is 0 Å².